The molecule has 0 rings (SSSR count). The first kappa shape index (κ1) is 10.9. The second-order valence-corrected chi connectivity index (χ2v) is 4.68. The minimum atomic E-state index is 1.22. The van der Waals surface area contributed by atoms with E-state index in [0.29, 0.717) is 0 Å². The lowest BCUT2D eigenvalue weighted by Crippen LogP contribution is -1.81. The summed E-state index contributed by atoms with van der Waals surface area (Å²) in [6.07, 6.45) is 9.94. The molecule has 0 aliphatic rings. The van der Waals surface area contributed by atoms with Crippen LogP contribution in [0.25, 0.3) is 0 Å². The second kappa shape index (κ2) is 9.86. The van der Waals surface area contributed by atoms with Crippen molar-refractivity contribution in [3.8, 4) is 0 Å². The third-order valence-corrected chi connectivity index (χ3v) is 3.74. The molecule has 0 saturated carbocycles. The summed E-state index contributed by atoms with van der Waals surface area (Å²) < 4.78 is 0. The Labute approximate surface area is 69.5 Å². The molecule has 0 aliphatic carbocycles. The number of hydrogen-bond donors (Lipinski definition) is 0. The van der Waals surface area contributed by atoms with E-state index in [4.69, 9.17) is 0 Å². The summed E-state index contributed by atoms with van der Waals surface area (Å²) >= 11 is 0. The molecule has 0 nitrogen and oxygen atoms in total. The molecule has 0 aromatic carbocycles. The van der Waals surface area contributed by atoms with Crippen LogP contribution in [0.4, 0.5) is 0 Å². The van der Waals surface area contributed by atoms with Crippen molar-refractivity contribution in [1.29, 1.82) is 0 Å². The highest BCUT2D eigenvalue weighted by atomic mass is 31.1. The molecule has 0 fully saturated rings. The van der Waals surface area contributed by atoms with Crippen molar-refractivity contribution >= 4 is 17.8 Å². The molecule has 2 unspecified atom stereocenters. The average Bonchev–Trinajstić information content (AvgIpc) is 1.97. The van der Waals surface area contributed by atoms with E-state index in [0.717, 1.165) is 0 Å². The summed E-state index contributed by atoms with van der Waals surface area (Å²) in [7, 11) is 4.02. The molecule has 0 bridgehead atoms. The van der Waals surface area contributed by atoms with Crippen LogP contribution < -0.4 is 0 Å². The molecule has 0 spiro atoms. The zero-order valence-corrected chi connectivity index (χ0v) is 9.18. The molecule has 0 aromatic rings. The summed E-state index contributed by atoms with van der Waals surface area (Å²) in [6, 6.07) is 0. The zero-order chi connectivity index (χ0) is 7.66. The molecule has 2 heteroatoms. The Morgan fingerprint density at radius 3 is 2.50 bits per heavy atom. The molecule has 10 heavy (non-hydrogen) atoms. The van der Waals surface area contributed by atoms with Crippen LogP contribution in [0.15, 0.2) is 0 Å². The highest BCUT2D eigenvalue weighted by Gasteiger charge is 1.87. The monoisotopic (exact) mass is 178 g/mol. The van der Waals surface area contributed by atoms with E-state index in [1.807, 2.05) is 0 Å². The van der Waals surface area contributed by atoms with Gasteiger partial charge in [0, 0.05) is 0 Å². The molecule has 62 valence electrons. The van der Waals surface area contributed by atoms with Gasteiger partial charge >= 0.3 is 0 Å². The number of rotatable bonds is 7. The van der Waals surface area contributed by atoms with Crippen LogP contribution in [-0.4, -0.2) is 18.5 Å². The van der Waals surface area contributed by atoms with Gasteiger partial charge in [0.25, 0.3) is 0 Å². The maximum Gasteiger partial charge on any atom is -0.0319 e. The highest BCUT2D eigenvalue weighted by Crippen LogP contribution is 2.14. The zero-order valence-electron chi connectivity index (χ0n) is 7.03. The smallest absolute Gasteiger partial charge is 0.0319 e. The maximum absolute atomic E-state index is 2.79. The molecular formula is C8H20P2. The Morgan fingerprint density at radius 2 is 1.90 bits per heavy atom. The van der Waals surface area contributed by atoms with Gasteiger partial charge < -0.3 is 0 Å². The third-order valence-electron chi connectivity index (χ3n) is 1.53. The van der Waals surface area contributed by atoms with Gasteiger partial charge in [0.2, 0.25) is 0 Å². The SMILES string of the molecule is CCCCCCPCCP. The first-order valence-corrected chi connectivity index (χ1v) is 6.55. The van der Waals surface area contributed by atoms with Gasteiger partial charge in [-0.05, 0) is 24.9 Å². The van der Waals surface area contributed by atoms with E-state index in [1.165, 1.54) is 52.7 Å². The van der Waals surface area contributed by atoms with Crippen LogP contribution in [-0.2, 0) is 0 Å². The van der Waals surface area contributed by atoms with Crippen molar-refractivity contribution in [1.82, 2.24) is 0 Å². The Hall–Kier alpha value is 0.860. The van der Waals surface area contributed by atoms with Crippen LogP contribution in [0.1, 0.15) is 32.6 Å². The molecule has 0 heterocycles. The highest BCUT2D eigenvalue weighted by molar-refractivity contribution is 7.38. The van der Waals surface area contributed by atoms with Crippen molar-refractivity contribution in [2.75, 3.05) is 18.5 Å². The number of unbranched alkanes of at least 4 members (excludes halogenated alkanes) is 3. The molecule has 0 saturated heterocycles. The lowest BCUT2D eigenvalue weighted by Gasteiger charge is -1.98. The third kappa shape index (κ3) is 8.86. The van der Waals surface area contributed by atoms with Crippen LogP contribution in [0.2, 0.25) is 0 Å². The fourth-order valence-electron chi connectivity index (χ4n) is 0.904. The van der Waals surface area contributed by atoms with E-state index in [1.54, 1.807) is 0 Å². The van der Waals surface area contributed by atoms with Gasteiger partial charge in [-0.15, -0.1) is 17.8 Å². The van der Waals surface area contributed by atoms with Crippen molar-refractivity contribution in [2.24, 2.45) is 0 Å². The van der Waals surface area contributed by atoms with Crippen LogP contribution in [0.3, 0.4) is 0 Å². The predicted molar refractivity (Wildman–Crippen MR) is 56.8 cm³/mol. The summed E-state index contributed by atoms with van der Waals surface area (Å²) in [6.45, 7) is 2.27. The van der Waals surface area contributed by atoms with Crippen molar-refractivity contribution < 1.29 is 0 Å². The normalized spacial score (nSPS) is 11.4. The summed E-state index contributed by atoms with van der Waals surface area (Å²) in [5.41, 5.74) is 0. The van der Waals surface area contributed by atoms with Gasteiger partial charge in [0.15, 0.2) is 0 Å². The quantitative estimate of drug-likeness (QED) is 0.415. The Balaban J connectivity index is 2.65. The summed E-state index contributed by atoms with van der Waals surface area (Å²) in [5.74, 6) is 0. The van der Waals surface area contributed by atoms with Crippen molar-refractivity contribution in [2.45, 2.75) is 32.6 Å². The Bertz CT molecular complexity index is 47.2. The topological polar surface area (TPSA) is 0 Å². The maximum atomic E-state index is 2.79. The second-order valence-electron chi connectivity index (χ2n) is 2.60. The van der Waals surface area contributed by atoms with E-state index in [9.17, 15) is 0 Å². The summed E-state index contributed by atoms with van der Waals surface area (Å²) in [4.78, 5) is 0. The van der Waals surface area contributed by atoms with Gasteiger partial charge in [0.05, 0.1) is 0 Å². The average molecular weight is 178 g/mol. The van der Waals surface area contributed by atoms with Gasteiger partial charge in [-0.3, -0.25) is 0 Å². The first-order chi connectivity index (χ1) is 4.91. The minimum absolute atomic E-state index is 1.22. The molecule has 0 N–H and O–H groups in total. The Morgan fingerprint density at radius 1 is 1.10 bits per heavy atom. The van der Waals surface area contributed by atoms with E-state index < -0.39 is 0 Å². The Kier molecular flexibility index (Phi) is 10.7. The van der Waals surface area contributed by atoms with Gasteiger partial charge in [-0.1, -0.05) is 26.2 Å². The van der Waals surface area contributed by atoms with Crippen molar-refractivity contribution in [3.63, 3.8) is 0 Å². The van der Waals surface area contributed by atoms with E-state index in [-0.39, 0.29) is 0 Å². The fourth-order valence-corrected chi connectivity index (χ4v) is 2.47. The van der Waals surface area contributed by atoms with E-state index >= 15 is 0 Å². The van der Waals surface area contributed by atoms with Crippen LogP contribution in [0.5, 0.6) is 0 Å². The molecule has 2 atom stereocenters. The molecular weight excluding hydrogens is 158 g/mol. The standard InChI is InChI=1S/C8H20P2/c1-2-3-4-5-7-10-8-6-9/h10H,2-9H2,1H3. The van der Waals surface area contributed by atoms with E-state index in [2.05, 4.69) is 16.2 Å². The lowest BCUT2D eigenvalue weighted by molar-refractivity contribution is 0.705. The van der Waals surface area contributed by atoms with Gasteiger partial charge in [-0.25, -0.2) is 0 Å². The molecule has 0 aliphatic heterocycles. The van der Waals surface area contributed by atoms with Crippen LogP contribution >= 0.6 is 17.8 Å². The van der Waals surface area contributed by atoms with Crippen LogP contribution in [0, 0.1) is 0 Å². The number of hydrogen-bond acceptors (Lipinski definition) is 0. The minimum Gasteiger partial charge on any atom is -0.137 e. The largest absolute Gasteiger partial charge is 0.137 e. The van der Waals surface area contributed by atoms with Gasteiger partial charge in [0.1, 0.15) is 0 Å². The van der Waals surface area contributed by atoms with Gasteiger partial charge in [-0.2, -0.15) is 0 Å². The lowest BCUT2D eigenvalue weighted by atomic mass is 10.2. The summed E-state index contributed by atoms with van der Waals surface area (Å²) in [5, 5.41) is 0. The first-order valence-electron chi connectivity index (χ1n) is 4.32. The molecule has 0 radical (unpaired) electrons. The fraction of sp³-hybridized carbons (Fsp3) is 1.00. The molecule has 0 amide bonds. The van der Waals surface area contributed by atoms with Crippen molar-refractivity contribution in [3.05, 3.63) is 0 Å². The predicted octanol–water partition coefficient (Wildman–Crippen LogP) is 3.12. The molecule has 0 aromatic heterocycles.